The number of hydrogen-bond acceptors (Lipinski definition) is 6. The monoisotopic (exact) mass is 567 g/mol. The van der Waals surface area contributed by atoms with E-state index in [1.165, 1.54) is 13.2 Å². The summed E-state index contributed by atoms with van der Waals surface area (Å²) < 4.78 is 45.5. The predicted octanol–water partition coefficient (Wildman–Crippen LogP) is 4.97. The molecule has 202 valence electrons. The van der Waals surface area contributed by atoms with Gasteiger partial charge in [0.2, 0.25) is 0 Å². The molecule has 1 amide bonds. The lowest BCUT2D eigenvalue weighted by molar-refractivity contribution is 0.0625. The van der Waals surface area contributed by atoms with Crippen molar-refractivity contribution in [1.29, 1.82) is 0 Å². The highest BCUT2D eigenvalue weighted by Gasteiger charge is 2.26. The number of ether oxygens (including phenoxy) is 1. The Balaban J connectivity index is 1.27. The van der Waals surface area contributed by atoms with Gasteiger partial charge in [-0.15, -0.1) is 0 Å². The van der Waals surface area contributed by atoms with Crippen molar-refractivity contribution in [2.45, 2.75) is 17.2 Å². The van der Waals surface area contributed by atoms with Crippen LogP contribution in [0.25, 0.3) is 10.9 Å². The standard InChI is InChI=1S/C29H27ClFN3O4S/c1-38-26-17-21(19-39(36,37)27-6-2-4-22-5-3-11-32-28(22)27)7-9-23(26)29(35)34-14-12-33(13-15-34)18-20-8-10-25(31)24(30)16-20/h2-11,16-17H,12-15,18-19H2,1H3. The van der Waals surface area contributed by atoms with E-state index in [2.05, 4.69) is 9.88 Å². The predicted molar refractivity (Wildman–Crippen MR) is 148 cm³/mol. The number of aromatic nitrogens is 1. The summed E-state index contributed by atoms with van der Waals surface area (Å²) in [5.41, 5.74) is 2.23. The number of benzene rings is 3. The molecule has 7 nitrogen and oxygen atoms in total. The average molecular weight is 568 g/mol. The fourth-order valence-corrected chi connectivity index (χ4v) is 6.53. The largest absolute Gasteiger partial charge is 0.496 e. The van der Waals surface area contributed by atoms with Crippen LogP contribution in [0.3, 0.4) is 0 Å². The second kappa shape index (κ2) is 11.3. The minimum Gasteiger partial charge on any atom is -0.496 e. The van der Waals surface area contributed by atoms with E-state index in [-0.39, 0.29) is 21.6 Å². The van der Waals surface area contributed by atoms with Crippen LogP contribution in [0.2, 0.25) is 5.02 Å². The summed E-state index contributed by atoms with van der Waals surface area (Å²) in [5.74, 6) is -0.547. The van der Waals surface area contributed by atoms with Gasteiger partial charge in [-0.2, -0.15) is 0 Å². The maximum Gasteiger partial charge on any atom is 0.257 e. The summed E-state index contributed by atoms with van der Waals surface area (Å²) in [7, 11) is -2.24. The van der Waals surface area contributed by atoms with Crippen LogP contribution in [0.5, 0.6) is 5.75 Å². The molecule has 1 saturated heterocycles. The SMILES string of the molecule is COc1cc(CS(=O)(=O)c2cccc3cccnc23)ccc1C(=O)N1CCN(Cc2ccc(F)c(Cl)c2)CC1. The first-order valence-electron chi connectivity index (χ1n) is 12.4. The van der Waals surface area contributed by atoms with E-state index in [1.807, 2.05) is 12.1 Å². The van der Waals surface area contributed by atoms with Crippen molar-refractivity contribution in [2.75, 3.05) is 33.3 Å². The minimum absolute atomic E-state index is 0.0958. The molecule has 2 heterocycles. The van der Waals surface area contributed by atoms with Gasteiger partial charge in [0, 0.05) is 44.3 Å². The second-order valence-electron chi connectivity index (χ2n) is 9.44. The molecule has 0 N–H and O–H groups in total. The molecule has 0 bridgehead atoms. The highest BCUT2D eigenvalue weighted by atomic mass is 35.5. The summed E-state index contributed by atoms with van der Waals surface area (Å²) in [6.07, 6.45) is 1.57. The molecule has 39 heavy (non-hydrogen) atoms. The van der Waals surface area contributed by atoms with Crippen molar-refractivity contribution in [3.63, 3.8) is 0 Å². The third-order valence-electron chi connectivity index (χ3n) is 6.83. The molecule has 0 saturated carbocycles. The molecule has 5 rings (SSSR count). The number of carbonyl (C=O) groups excluding carboxylic acids is 1. The lowest BCUT2D eigenvalue weighted by Crippen LogP contribution is -2.48. The number of methoxy groups -OCH3 is 1. The van der Waals surface area contributed by atoms with Gasteiger partial charge in [0.1, 0.15) is 11.6 Å². The number of fused-ring (bicyclic) bond motifs is 1. The van der Waals surface area contributed by atoms with Gasteiger partial charge < -0.3 is 9.64 Å². The molecule has 1 aromatic heterocycles. The Bertz CT molecular complexity index is 1630. The van der Waals surface area contributed by atoms with Gasteiger partial charge in [0.15, 0.2) is 9.84 Å². The number of piperazine rings is 1. The van der Waals surface area contributed by atoms with E-state index in [9.17, 15) is 17.6 Å². The van der Waals surface area contributed by atoms with Crippen LogP contribution >= 0.6 is 11.6 Å². The summed E-state index contributed by atoms with van der Waals surface area (Å²) in [5, 5.41) is 0.845. The molecule has 0 unspecified atom stereocenters. The number of sulfone groups is 1. The van der Waals surface area contributed by atoms with Gasteiger partial charge in [0.05, 0.1) is 33.9 Å². The number of amides is 1. The van der Waals surface area contributed by atoms with E-state index >= 15 is 0 Å². The van der Waals surface area contributed by atoms with Crippen LogP contribution < -0.4 is 4.74 Å². The molecule has 3 aromatic carbocycles. The molecule has 0 atom stereocenters. The second-order valence-corrected chi connectivity index (χ2v) is 11.8. The molecular formula is C29H27ClFN3O4S. The Morgan fingerprint density at radius 3 is 2.49 bits per heavy atom. The molecule has 4 aromatic rings. The summed E-state index contributed by atoms with van der Waals surface area (Å²) >= 11 is 5.90. The topological polar surface area (TPSA) is 79.8 Å². The van der Waals surface area contributed by atoms with Crippen LogP contribution in [-0.2, 0) is 22.1 Å². The molecule has 0 aliphatic carbocycles. The number of carbonyl (C=O) groups is 1. The van der Waals surface area contributed by atoms with Crippen LogP contribution in [0.1, 0.15) is 21.5 Å². The van der Waals surface area contributed by atoms with E-state index in [1.54, 1.807) is 59.6 Å². The van der Waals surface area contributed by atoms with Gasteiger partial charge in [-0.1, -0.05) is 41.9 Å². The molecule has 1 fully saturated rings. The van der Waals surface area contributed by atoms with Crippen LogP contribution in [0, 0.1) is 5.82 Å². The summed E-state index contributed by atoms with van der Waals surface area (Å²) in [6, 6.07) is 18.3. The molecule has 1 aliphatic heterocycles. The molecular weight excluding hydrogens is 541 g/mol. The van der Waals surface area contributed by atoms with Gasteiger partial charge >= 0.3 is 0 Å². The number of halogens is 2. The molecule has 0 radical (unpaired) electrons. The van der Waals surface area contributed by atoms with Gasteiger partial charge in [0.25, 0.3) is 5.91 Å². The van der Waals surface area contributed by atoms with Crippen LogP contribution in [0.15, 0.2) is 77.8 Å². The Morgan fingerprint density at radius 2 is 1.74 bits per heavy atom. The third-order valence-corrected chi connectivity index (χ3v) is 8.84. The number of hydrogen-bond donors (Lipinski definition) is 0. The maximum atomic E-state index is 13.4. The maximum absolute atomic E-state index is 13.4. The Labute approximate surface area is 231 Å². The Morgan fingerprint density at radius 1 is 1.00 bits per heavy atom. The number of para-hydroxylation sites is 1. The van der Waals surface area contributed by atoms with E-state index in [4.69, 9.17) is 16.3 Å². The smallest absolute Gasteiger partial charge is 0.257 e. The quantitative estimate of drug-likeness (QED) is 0.314. The first-order valence-corrected chi connectivity index (χ1v) is 14.5. The van der Waals surface area contributed by atoms with E-state index in [0.29, 0.717) is 55.1 Å². The van der Waals surface area contributed by atoms with Crippen molar-refractivity contribution in [3.8, 4) is 5.75 Å². The van der Waals surface area contributed by atoms with Crippen molar-refractivity contribution in [1.82, 2.24) is 14.8 Å². The lowest BCUT2D eigenvalue weighted by Gasteiger charge is -2.35. The molecule has 1 aliphatic rings. The molecule has 10 heteroatoms. The van der Waals surface area contributed by atoms with Gasteiger partial charge in [-0.25, -0.2) is 12.8 Å². The number of pyridine rings is 1. The van der Waals surface area contributed by atoms with Crippen molar-refractivity contribution in [3.05, 3.63) is 100 Å². The lowest BCUT2D eigenvalue weighted by atomic mass is 10.1. The van der Waals surface area contributed by atoms with Crippen molar-refractivity contribution >= 4 is 38.2 Å². The fraction of sp³-hybridized carbons (Fsp3) is 0.241. The van der Waals surface area contributed by atoms with E-state index in [0.717, 1.165) is 10.9 Å². The van der Waals surface area contributed by atoms with Gasteiger partial charge in [-0.3, -0.25) is 14.7 Å². The van der Waals surface area contributed by atoms with E-state index < -0.39 is 15.7 Å². The Hall–Kier alpha value is -3.53. The normalized spacial score (nSPS) is 14.5. The molecule has 0 spiro atoms. The summed E-state index contributed by atoms with van der Waals surface area (Å²) in [6.45, 7) is 2.94. The number of rotatable bonds is 7. The van der Waals surface area contributed by atoms with Crippen molar-refractivity contribution < 1.29 is 22.3 Å². The van der Waals surface area contributed by atoms with Crippen molar-refractivity contribution in [2.24, 2.45) is 0 Å². The van der Waals surface area contributed by atoms with Crippen LogP contribution in [0.4, 0.5) is 4.39 Å². The zero-order valence-corrected chi connectivity index (χ0v) is 22.9. The highest BCUT2D eigenvalue weighted by molar-refractivity contribution is 7.90. The first kappa shape index (κ1) is 27.1. The summed E-state index contributed by atoms with van der Waals surface area (Å²) in [4.78, 5) is 21.7. The van der Waals surface area contributed by atoms with Gasteiger partial charge in [-0.05, 0) is 47.5 Å². The Kier molecular flexibility index (Phi) is 7.83. The zero-order chi connectivity index (χ0) is 27.6. The third kappa shape index (κ3) is 5.90. The zero-order valence-electron chi connectivity index (χ0n) is 21.3. The first-order chi connectivity index (χ1) is 18.7. The van der Waals surface area contributed by atoms with Crippen LogP contribution in [-0.4, -0.2) is 62.4 Å². The minimum atomic E-state index is -3.70. The highest BCUT2D eigenvalue weighted by Crippen LogP contribution is 2.28. The average Bonchev–Trinajstić information content (AvgIpc) is 2.94. The fourth-order valence-electron chi connectivity index (χ4n) is 4.80. The number of nitrogens with zero attached hydrogens (tertiary/aromatic N) is 3.